The summed E-state index contributed by atoms with van der Waals surface area (Å²) in [5.41, 5.74) is 0.716. The van der Waals surface area contributed by atoms with Crippen molar-refractivity contribution in [1.29, 1.82) is 0 Å². The molecule has 1 saturated heterocycles. The molecular formula is C14H20N2O3S. The SMILES string of the molecule is COC(=O)c1sc(NCC2CC3CCCC3O2)nc1C. The van der Waals surface area contributed by atoms with E-state index in [2.05, 4.69) is 10.3 Å². The molecule has 0 bridgehead atoms. The van der Waals surface area contributed by atoms with E-state index in [0.717, 1.165) is 24.0 Å². The Kier molecular flexibility index (Phi) is 3.94. The predicted molar refractivity (Wildman–Crippen MR) is 77.3 cm³/mol. The van der Waals surface area contributed by atoms with Gasteiger partial charge in [-0.15, -0.1) is 0 Å². The molecule has 2 heterocycles. The lowest BCUT2D eigenvalue weighted by molar-refractivity contribution is 0.0481. The van der Waals surface area contributed by atoms with E-state index in [1.807, 2.05) is 6.92 Å². The first kappa shape index (κ1) is 13.8. The summed E-state index contributed by atoms with van der Waals surface area (Å²) in [7, 11) is 1.39. The predicted octanol–water partition coefficient (Wildman–Crippen LogP) is 2.61. The maximum Gasteiger partial charge on any atom is 0.350 e. The lowest BCUT2D eigenvalue weighted by atomic mass is 10.0. The van der Waals surface area contributed by atoms with Crippen LogP contribution in [0.25, 0.3) is 0 Å². The third-order valence-electron chi connectivity index (χ3n) is 4.17. The van der Waals surface area contributed by atoms with Crippen molar-refractivity contribution in [1.82, 2.24) is 4.98 Å². The van der Waals surface area contributed by atoms with Crippen LogP contribution in [-0.4, -0.2) is 36.8 Å². The van der Waals surface area contributed by atoms with Gasteiger partial charge < -0.3 is 14.8 Å². The summed E-state index contributed by atoms with van der Waals surface area (Å²) in [6, 6.07) is 0. The van der Waals surface area contributed by atoms with Gasteiger partial charge in [0.15, 0.2) is 5.13 Å². The number of nitrogens with zero attached hydrogens (tertiary/aromatic N) is 1. The fourth-order valence-electron chi connectivity index (χ4n) is 3.18. The summed E-state index contributed by atoms with van der Waals surface area (Å²) in [5, 5.41) is 4.06. The fourth-order valence-corrected chi connectivity index (χ4v) is 4.07. The number of ether oxygens (including phenoxy) is 2. The van der Waals surface area contributed by atoms with Crippen LogP contribution in [0.3, 0.4) is 0 Å². The number of methoxy groups -OCH3 is 1. The molecule has 0 spiro atoms. The smallest absolute Gasteiger partial charge is 0.350 e. The van der Waals surface area contributed by atoms with Gasteiger partial charge in [0.2, 0.25) is 0 Å². The third-order valence-corrected chi connectivity index (χ3v) is 5.27. The molecule has 1 aliphatic heterocycles. The van der Waals surface area contributed by atoms with Gasteiger partial charge in [0, 0.05) is 6.54 Å². The van der Waals surface area contributed by atoms with Crippen LogP contribution in [0.4, 0.5) is 5.13 Å². The van der Waals surface area contributed by atoms with Gasteiger partial charge in [-0.05, 0) is 32.1 Å². The van der Waals surface area contributed by atoms with Crippen LogP contribution in [0.15, 0.2) is 0 Å². The standard InChI is InChI=1S/C14H20N2O3S/c1-8-12(13(17)18-2)20-14(16-8)15-7-10-6-9-4-3-5-11(9)19-10/h9-11H,3-7H2,1-2H3,(H,15,16). The van der Waals surface area contributed by atoms with Gasteiger partial charge in [0.05, 0.1) is 25.0 Å². The topological polar surface area (TPSA) is 60.5 Å². The summed E-state index contributed by atoms with van der Waals surface area (Å²) < 4.78 is 10.8. The molecule has 2 fully saturated rings. The van der Waals surface area contributed by atoms with Gasteiger partial charge >= 0.3 is 5.97 Å². The zero-order chi connectivity index (χ0) is 14.1. The van der Waals surface area contributed by atoms with Crippen LogP contribution in [-0.2, 0) is 9.47 Å². The molecule has 1 aromatic rings. The first-order valence-electron chi connectivity index (χ1n) is 7.12. The average Bonchev–Trinajstić information content (AvgIpc) is 3.09. The lowest BCUT2D eigenvalue weighted by Gasteiger charge is -2.12. The molecular weight excluding hydrogens is 276 g/mol. The number of esters is 1. The van der Waals surface area contributed by atoms with E-state index in [0.29, 0.717) is 16.7 Å². The van der Waals surface area contributed by atoms with Crippen molar-refractivity contribution in [3.05, 3.63) is 10.6 Å². The first-order chi connectivity index (χ1) is 9.67. The minimum atomic E-state index is -0.320. The maximum absolute atomic E-state index is 11.5. The van der Waals surface area contributed by atoms with Crippen molar-refractivity contribution in [3.8, 4) is 0 Å². The van der Waals surface area contributed by atoms with Crippen molar-refractivity contribution in [2.45, 2.75) is 44.8 Å². The Balaban J connectivity index is 1.55. The Morgan fingerprint density at radius 3 is 3.15 bits per heavy atom. The summed E-state index contributed by atoms with van der Waals surface area (Å²) in [5.74, 6) is 0.435. The highest BCUT2D eigenvalue weighted by atomic mass is 32.1. The van der Waals surface area contributed by atoms with Crippen molar-refractivity contribution in [2.75, 3.05) is 19.0 Å². The molecule has 20 heavy (non-hydrogen) atoms. The van der Waals surface area contributed by atoms with Gasteiger partial charge in [0.1, 0.15) is 4.88 Å². The second-order valence-electron chi connectivity index (χ2n) is 5.53. The number of aromatic nitrogens is 1. The number of nitrogens with one attached hydrogen (secondary N) is 1. The van der Waals surface area contributed by atoms with Crippen LogP contribution >= 0.6 is 11.3 Å². The van der Waals surface area contributed by atoms with E-state index < -0.39 is 0 Å². The highest BCUT2D eigenvalue weighted by molar-refractivity contribution is 7.17. The van der Waals surface area contributed by atoms with Crippen molar-refractivity contribution < 1.29 is 14.3 Å². The zero-order valence-corrected chi connectivity index (χ0v) is 12.7. The van der Waals surface area contributed by atoms with Crippen LogP contribution < -0.4 is 5.32 Å². The van der Waals surface area contributed by atoms with E-state index in [-0.39, 0.29) is 12.1 Å². The zero-order valence-electron chi connectivity index (χ0n) is 11.8. The monoisotopic (exact) mass is 296 g/mol. The van der Waals surface area contributed by atoms with Crippen LogP contribution in [0.2, 0.25) is 0 Å². The molecule has 0 amide bonds. The number of hydrogen-bond donors (Lipinski definition) is 1. The highest BCUT2D eigenvalue weighted by Gasteiger charge is 2.38. The van der Waals surface area contributed by atoms with Gasteiger partial charge in [-0.25, -0.2) is 9.78 Å². The molecule has 3 atom stereocenters. The Hall–Kier alpha value is -1.14. The van der Waals surface area contributed by atoms with E-state index in [1.54, 1.807) is 0 Å². The highest BCUT2D eigenvalue weighted by Crippen LogP contribution is 2.39. The fraction of sp³-hybridized carbons (Fsp3) is 0.714. The van der Waals surface area contributed by atoms with Gasteiger partial charge in [0.25, 0.3) is 0 Å². The third kappa shape index (κ3) is 2.67. The van der Waals surface area contributed by atoms with Crippen molar-refractivity contribution in [2.24, 2.45) is 5.92 Å². The molecule has 5 nitrogen and oxygen atoms in total. The summed E-state index contributed by atoms with van der Waals surface area (Å²) in [6.07, 6.45) is 5.73. The molecule has 0 aromatic carbocycles. The molecule has 3 unspecified atom stereocenters. The summed E-state index contributed by atoms with van der Waals surface area (Å²) in [6.45, 7) is 2.59. The largest absolute Gasteiger partial charge is 0.465 e. The normalized spacial score (nSPS) is 28.4. The molecule has 1 aromatic heterocycles. The molecule has 1 N–H and O–H groups in total. The van der Waals surface area contributed by atoms with Crippen molar-refractivity contribution >= 4 is 22.4 Å². The second-order valence-corrected chi connectivity index (χ2v) is 6.53. The summed E-state index contributed by atoms with van der Waals surface area (Å²) in [4.78, 5) is 16.5. The molecule has 2 aliphatic rings. The van der Waals surface area contributed by atoms with Crippen molar-refractivity contribution in [3.63, 3.8) is 0 Å². The number of anilines is 1. The lowest BCUT2D eigenvalue weighted by Crippen LogP contribution is -2.20. The van der Waals surface area contributed by atoms with E-state index in [1.165, 1.54) is 37.7 Å². The first-order valence-corrected chi connectivity index (χ1v) is 7.94. The molecule has 110 valence electrons. The minimum absolute atomic E-state index is 0.274. The van der Waals surface area contributed by atoms with Gasteiger partial charge in [-0.2, -0.15) is 0 Å². The molecule has 1 aliphatic carbocycles. The summed E-state index contributed by atoms with van der Waals surface area (Å²) >= 11 is 1.34. The number of hydrogen-bond acceptors (Lipinski definition) is 6. The van der Waals surface area contributed by atoms with Gasteiger partial charge in [-0.3, -0.25) is 0 Å². The number of carbonyl (C=O) groups is 1. The van der Waals surface area contributed by atoms with Crippen LogP contribution in [0.1, 0.15) is 41.0 Å². The average molecular weight is 296 g/mol. The van der Waals surface area contributed by atoms with Gasteiger partial charge in [-0.1, -0.05) is 17.8 Å². The Bertz CT molecular complexity index is 491. The van der Waals surface area contributed by atoms with E-state index >= 15 is 0 Å². The number of thiazole rings is 1. The quantitative estimate of drug-likeness (QED) is 0.865. The Morgan fingerprint density at radius 1 is 1.55 bits per heavy atom. The molecule has 6 heteroatoms. The molecule has 0 radical (unpaired) electrons. The molecule has 1 saturated carbocycles. The second kappa shape index (κ2) is 5.69. The van der Waals surface area contributed by atoms with Crippen LogP contribution in [0, 0.1) is 12.8 Å². The number of aryl methyl sites for hydroxylation is 1. The number of carbonyl (C=O) groups excluding carboxylic acids is 1. The van der Waals surface area contributed by atoms with E-state index in [9.17, 15) is 4.79 Å². The van der Waals surface area contributed by atoms with E-state index in [4.69, 9.17) is 9.47 Å². The maximum atomic E-state index is 11.5. The number of fused-ring (bicyclic) bond motifs is 1. The Morgan fingerprint density at radius 2 is 2.40 bits per heavy atom. The molecule has 3 rings (SSSR count). The van der Waals surface area contributed by atoms with Crippen LogP contribution in [0.5, 0.6) is 0 Å². The number of rotatable bonds is 4. The Labute approximate surface area is 122 Å². The minimum Gasteiger partial charge on any atom is -0.465 e.